The molecule has 2 N–H and O–H groups in total. The zero-order valence-electron chi connectivity index (χ0n) is 25.6. The molecule has 0 spiro atoms. The smallest absolute Gasteiger partial charge is 0.272 e. The number of hydrogen-bond acceptors (Lipinski definition) is 6. The summed E-state index contributed by atoms with van der Waals surface area (Å²) in [6, 6.07) is 10.7. The maximum atomic E-state index is 13.3. The molecule has 0 saturated carbocycles. The number of allylic oxidation sites excluding steroid dienone is 1. The molecular weight excluding hydrogens is 570 g/mol. The molecule has 8 nitrogen and oxygen atoms in total. The zero-order valence-corrected chi connectivity index (χ0v) is 26.4. The Hall–Kier alpha value is -3.62. The first-order chi connectivity index (χ1) is 20.3. The molecule has 0 aliphatic carbocycles. The maximum Gasteiger partial charge on any atom is 0.272 e. The monoisotopic (exact) mass is 610 g/mol. The minimum absolute atomic E-state index is 0.0528. The Morgan fingerprint density at radius 2 is 1.95 bits per heavy atom. The molecule has 4 rings (SSSR count). The molecule has 11 heteroatoms. The molecule has 0 radical (unpaired) electrons. The molecule has 1 saturated heterocycles. The highest BCUT2D eigenvalue weighted by atomic mass is 32.1. The van der Waals surface area contributed by atoms with Crippen LogP contribution in [0.2, 0.25) is 0 Å². The second-order valence-electron chi connectivity index (χ2n) is 12.5. The van der Waals surface area contributed by atoms with Crippen molar-refractivity contribution >= 4 is 40.1 Å². The fourth-order valence-corrected chi connectivity index (χ4v) is 5.80. The summed E-state index contributed by atoms with van der Waals surface area (Å²) in [4.78, 5) is 32.9. The SMILES string of the molecule is CC(C)/C=C(\C#N)C(=O)N1CCCC1Cn1c(NC(=O)c2ccc(C(F)F)s2)nc2cc(CN[C@@H](C)C(C)(C)C)ccc21. The van der Waals surface area contributed by atoms with E-state index in [1.807, 2.05) is 36.6 Å². The van der Waals surface area contributed by atoms with Gasteiger partial charge in [-0.3, -0.25) is 14.9 Å². The Morgan fingerprint density at radius 1 is 1.21 bits per heavy atom. The number of thiophene rings is 1. The van der Waals surface area contributed by atoms with Crippen molar-refractivity contribution < 1.29 is 18.4 Å². The van der Waals surface area contributed by atoms with Crippen LogP contribution >= 0.6 is 11.3 Å². The third-order valence-electron chi connectivity index (χ3n) is 7.90. The first kappa shape index (κ1) is 32.3. The van der Waals surface area contributed by atoms with Crippen LogP contribution in [0.5, 0.6) is 0 Å². The molecule has 1 fully saturated rings. The van der Waals surface area contributed by atoms with Gasteiger partial charge < -0.3 is 14.8 Å². The minimum atomic E-state index is -2.65. The number of carbonyl (C=O) groups excluding carboxylic acids is 2. The molecule has 230 valence electrons. The largest absolute Gasteiger partial charge is 0.333 e. The van der Waals surface area contributed by atoms with Gasteiger partial charge in [-0.2, -0.15) is 5.26 Å². The second kappa shape index (κ2) is 13.3. The second-order valence-corrected chi connectivity index (χ2v) is 13.6. The van der Waals surface area contributed by atoms with Gasteiger partial charge in [0.25, 0.3) is 18.2 Å². The number of nitrogens with one attached hydrogen (secondary N) is 2. The van der Waals surface area contributed by atoms with E-state index in [9.17, 15) is 23.6 Å². The van der Waals surface area contributed by atoms with E-state index < -0.39 is 12.3 Å². The number of amides is 2. The van der Waals surface area contributed by atoms with Crippen molar-refractivity contribution in [1.82, 2.24) is 19.8 Å². The molecule has 2 amide bonds. The van der Waals surface area contributed by atoms with Crippen LogP contribution in [0.15, 0.2) is 42.0 Å². The van der Waals surface area contributed by atoms with E-state index in [0.717, 1.165) is 35.3 Å². The van der Waals surface area contributed by atoms with Crippen LogP contribution in [0, 0.1) is 22.7 Å². The van der Waals surface area contributed by atoms with Gasteiger partial charge in [-0.1, -0.05) is 46.8 Å². The van der Waals surface area contributed by atoms with Crippen LogP contribution in [-0.2, 0) is 17.9 Å². The number of halogens is 2. The number of rotatable bonds is 10. The number of fused-ring (bicyclic) bond motifs is 1. The molecule has 43 heavy (non-hydrogen) atoms. The van der Waals surface area contributed by atoms with Crippen LogP contribution < -0.4 is 10.6 Å². The highest BCUT2D eigenvalue weighted by molar-refractivity contribution is 7.14. The highest BCUT2D eigenvalue weighted by Crippen LogP contribution is 2.30. The van der Waals surface area contributed by atoms with Crippen molar-refractivity contribution in [3.05, 3.63) is 57.3 Å². The summed E-state index contributed by atoms with van der Waals surface area (Å²) in [6.45, 7) is 14.0. The summed E-state index contributed by atoms with van der Waals surface area (Å²) in [5.41, 5.74) is 2.70. The molecule has 2 atom stereocenters. The van der Waals surface area contributed by atoms with Gasteiger partial charge in [-0.25, -0.2) is 13.8 Å². The van der Waals surface area contributed by atoms with Crippen molar-refractivity contribution in [1.29, 1.82) is 5.26 Å². The summed E-state index contributed by atoms with van der Waals surface area (Å²) in [7, 11) is 0. The number of aromatic nitrogens is 2. The Morgan fingerprint density at radius 3 is 2.58 bits per heavy atom. The molecule has 1 aliphatic rings. The predicted octanol–water partition coefficient (Wildman–Crippen LogP) is 6.91. The molecule has 0 bridgehead atoms. The lowest BCUT2D eigenvalue weighted by Gasteiger charge is -2.28. The average Bonchev–Trinajstić information content (AvgIpc) is 3.69. The number of imidazole rings is 1. The number of nitriles is 1. The average molecular weight is 611 g/mol. The lowest BCUT2D eigenvalue weighted by atomic mass is 9.88. The van der Waals surface area contributed by atoms with E-state index >= 15 is 0 Å². The van der Waals surface area contributed by atoms with Gasteiger partial charge >= 0.3 is 0 Å². The van der Waals surface area contributed by atoms with Crippen molar-refractivity contribution in [3.8, 4) is 6.07 Å². The van der Waals surface area contributed by atoms with Crippen molar-refractivity contribution in [2.75, 3.05) is 11.9 Å². The first-order valence-corrected chi connectivity index (χ1v) is 15.4. The Bertz CT molecular complexity index is 1550. The van der Waals surface area contributed by atoms with E-state index in [4.69, 9.17) is 4.98 Å². The van der Waals surface area contributed by atoms with E-state index in [1.165, 1.54) is 12.1 Å². The molecule has 2 aromatic heterocycles. The molecule has 3 heterocycles. The van der Waals surface area contributed by atoms with Gasteiger partial charge in [0.05, 0.1) is 26.8 Å². The zero-order chi connectivity index (χ0) is 31.5. The van der Waals surface area contributed by atoms with Crippen molar-refractivity contribution in [2.24, 2.45) is 11.3 Å². The van der Waals surface area contributed by atoms with Crippen molar-refractivity contribution in [2.45, 2.75) is 86.0 Å². The Balaban J connectivity index is 1.66. The lowest BCUT2D eigenvalue weighted by Crippen LogP contribution is -2.39. The molecule has 1 aromatic carbocycles. The quantitative estimate of drug-likeness (QED) is 0.192. The fourth-order valence-electron chi connectivity index (χ4n) is 5.05. The number of benzene rings is 1. The van der Waals surface area contributed by atoms with E-state index in [0.29, 0.717) is 25.2 Å². The molecule has 3 aromatic rings. The number of alkyl halides is 2. The first-order valence-electron chi connectivity index (χ1n) is 14.6. The van der Waals surface area contributed by atoms with Gasteiger partial charge in [0.15, 0.2) is 0 Å². The highest BCUT2D eigenvalue weighted by Gasteiger charge is 2.32. The maximum absolute atomic E-state index is 13.3. The number of hydrogen-bond donors (Lipinski definition) is 2. The summed E-state index contributed by atoms with van der Waals surface area (Å²) in [6.07, 6.45) is 0.548. The molecule has 1 unspecified atom stereocenters. The Kier molecular flexibility index (Phi) is 10.0. The number of anilines is 1. The van der Waals surface area contributed by atoms with Gasteiger partial charge in [-0.15, -0.1) is 11.3 Å². The summed E-state index contributed by atoms with van der Waals surface area (Å²) in [5, 5.41) is 16.0. The number of likely N-dealkylation sites (tertiary alicyclic amines) is 1. The van der Waals surface area contributed by atoms with Gasteiger partial charge in [-0.05, 0) is 60.9 Å². The van der Waals surface area contributed by atoms with Gasteiger partial charge in [0.2, 0.25) is 5.95 Å². The molecular formula is C32H40F2N6O2S. The molecule has 1 aliphatic heterocycles. The lowest BCUT2D eigenvalue weighted by molar-refractivity contribution is -0.127. The Labute approximate surface area is 255 Å². The topological polar surface area (TPSA) is 103 Å². The fraction of sp³-hybridized carbons (Fsp3) is 0.500. The van der Waals surface area contributed by atoms with Gasteiger partial charge in [0.1, 0.15) is 11.6 Å². The third kappa shape index (κ3) is 7.67. The van der Waals surface area contributed by atoms with Crippen LogP contribution in [0.3, 0.4) is 0 Å². The normalized spacial score (nSPS) is 16.7. The van der Waals surface area contributed by atoms with Crippen LogP contribution in [-0.4, -0.2) is 44.9 Å². The number of carbonyl (C=O) groups is 2. The standard InChI is InChI=1S/C32H40F2N6O2S/c1-19(2)14-22(16-35)30(42)39-13-7-8-23(39)18-40-25-10-9-21(17-36-20(3)32(4,5)6)15-24(25)37-31(40)38-29(41)27-12-11-26(43-27)28(33)34/h9-12,14-15,19-20,23,28,36H,7-8,13,17-18H2,1-6H3,(H,37,38,41)/b22-14+/t20-,23?/m0/s1. The van der Waals surface area contributed by atoms with Crippen molar-refractivity contribution in [3.63, 3.8) is 0 Å². The van der Waals surface area contributed by atoms with Crippen LogP contribution in [0.4, 0.5) is 14.7 Å². The van der Waals surface area contributed by atoms with Crippen LogP contribution in [0.25, 0.3) is 11.0 Å². The third-order valence-corrected chi connectivity index (χ3v) is 8.99. The predicted molar refractivity (Wildman–Crippen MR) is 166 cm³/mol. The van der Waals surface area contributed by atoms with Crippen LogP contribution in [0.1, 0.15) is 80.9 Å². The minimum Gasteiger partial charge on any atom is -0.333 e. The van der Waals surface area contributed by atoms with E-state index in [2.05, 4.69) is 44.4 Å². The summed E-state index contributed by atoms with van der Waals surface area (Å²) in [5.74, 6) is -0.497. The van der Waals surface area contributed by atoms with E-state index in [-0.39, 0.29) is 50.6 Å². The summed E-state index contributed by atoms with van der Waals surface area (Å²) >= 11 is 0.745. The number of nitrogens with zero attached hydrogens (tertiary/aromatic N) is 4. The van der Waals surface area contributed by atoms with Gasteiger partial charge in [0, 0.05) is 25.7 Å². The summed E-state index contributed by atoms with van der Waals surface area (Å²) < 4.78 is 28.2. The van der Waals surface area contributed by atoms with E-state index in [1.54, 1.807) is 11.0 Å².